The van der Waals surface area contributed by atoms with Gasteiger partial charge in [-0.1, -0.05) is 42.5 Å². The lowest BCUT2D eigenvalue weighted by atomic mass is 9.98. The molecule has 1 unspecified atom stereocenters. The van der Waals surface area contributed by atoms with Gasteiger partial charge in [-0.05, 0) is 24.5 Å². The normalized spacial score (nSPS) is 12.4. The Morgan fingerprint density at radius 3 is 2.37 bits per heavy atom. The lowest BCUT2D eigenvalue weighted by molar-refractivity contribution is 0.461. The van der Waals surface area contributed by atoms with E-state index in [1.165, 1.54) is 6.92 Å². The summed E-state index contributed by atoms with van der Waals surface area (Å²) >= 11 is 0. The number of halogens is 2. The molecule has 2 aromatic carbocycles. The van der Waals surface area contributed by atoms with Gasteiger partial charge >= 0.3 is 0 Å². The first kappa shape index (κ1) is 13.6. The molecule has 0 aliphatic carbocycles. The van der Waals surface area contributed by atoms with Crippen LogP contribution in [0.2, 0.25) is 0 Å². The monoisotopic (exact) mass is 262 g/mol. The number of nitrogens with one attached hydrogen (secondary N) is 1. The van der Waals surface area contributed by atoms with E-state index in [-0.39, 0.29) is 11.1 Å². The number of hydrogen-bond acceptors (Lipinski definition) is 2. The predicted molar refractivity (Wildman–Crippen MR) is 71.3 cm³/mol. The summed E-state index contributed by atoms with van der Waals surface area (Å²) in [6, 6.07) is 12.2. The van der Waals surface area contributed by atoms with Gasteiger partial charge in [0.2, 0.25) is 0 Å². The van der Waals surface area contributed by atoms with E-state index in [1.807, 2.05) is 30.3 Å². The molecular weight excluding hydrogens is 246 g/mol. The first-order valence-corrected chi connectivity index (χ1v) is 6.08. The third-order valence-electron chi connectivity index (χ3n) is 3.16. The van der Waals surface area contributed by atoms with Crippen molar-refractivity contribution >= 4 is 0 Å². The molecule has 0 fully saturated rings. The zero-order valence-corrected chi connectivity index (χ0v) is 10.7. The van der Waals surface area contributed by atoms with E-state index in [2.05, 4.69) is 5.43 Å². The van der Waals surface area contributed by atoms with Crippen LogP contribution in [0.25, 0.3) is 0 Å². The van der Waals surface area contributed by atoms with Gasteiger partial charge in [0.15, 0.2) is 11.6 Å². The van der Waals surface area contributed by atoms with E-state index in [0.29, 0.717) is 6.42 Å². The number of rotatable bonds is 4. The largest absolute Gasteiger partial charge is 0.271 e. The summed E-state index contributed by atoms with van der Waals surface area (Å²) in [5, 5.41) is 0. The average molecular weight is 262 g/mol. The van der Waals surface area contributed by atoms with Crippen LogP contribution in [0.1, 0.15) is 22.7 Å². The summed E-state index contributed by atoms with van der Waals surface area (Å²) in [6.07, 6.45) is 0.497. The highest BCUT2D eigenvalue weighted by Gasteiger charge is 2.18. The molecule has 0 amide bonds. The molecule has 2 nitrogen and oxygen atoms in total. The second-order valence-corrected chi connectivity index (χ2v) is 4.51. The fourth-order valence-corrected chi connectivity index (χ4v) is 2.04. The summed E-state index contributed by atoms with van der Waals surface area (Å²) in [5.41, 5.74) is 4.09. The smallest absolute Gasteiger partial charge is 0.163 e. The maximum Gasteiger partial charge on any atom is 0.163 e. The maximum atomic E-state index is 13.9. The van der Waals surface area contributed by atoms with E-state index in [9.17, 15) is 8.78 Å². The molecular formula is C15H16F2N2. The Labute approximate surface area is 111 Å². The standard InChI is InChI=1S/C15H16F2N2/c1-10-7-8-12(15(17)14(10)16)13(19-18)9-11-5-3-2-4-6-11/h2-8,13,19H,9,18H2,1H3. The maximum absolute atomic E-state index is 13.9. The Kier molecular flexibility index (Phi) is 4.24. The Morgan fingerprint density at radius 1 is 1.05 bits per heavy atom. The fraction of sp³-hybridized carbons (Fsp3) is 0.200. The molecule has 2 aromatic rings. The van der Waals surface area contributed by atoms with Crippen LogP contribution in [0.4, 0.5) is 8.78 Å². The minimum absolute atomic E-state index is 0.245. The predicted octanol–water partition coefficient (Wildman–Crippen LogP) is 3.02. The number of aryl methyl sites for hydroxylation is 1. The first-order valence-electron chi connectivity index (χ1n) is 6.08. The van der Waals surface area contributed by atoms with Crippen LogP contribution in [0.3, 0.4) is 0 Å². The van der Waals surface area contributed by atoms with Crippen molar-refractivity contribution in [1.82, 2.24) is 5.43 Å². The highest BCUT2D eigenvalue weighted by Crippen LogP contribution is 2.24. The van der Waals surface area contributed by atoms with Crippen LogP contribution in [-0.2, 0) is 6.42 Å². The van der Waals surface area contributed by atoms with Gasteiger partial charge in [0, 0.05) is 5.56 Å². The number of hydrogen-bond donors (Lipinski definition) is 2. The fourth-order valence-electron chi connectivity index (χ4n) is 2.04. The Balaban J connectivity index is 2.30. The molecule has 4 heteroatoms. The van der Waals surface area contributed by atoms with Crippen molar-refractivity contribution in [2.75, 3.05) is 0 Å². The third-order valence-corrected chi connectivity index (χ3v) is 3.16. The Bertz CT molecular complexity index is 556. The lowest BCUT2D eigenvalue weighted by Crippen LogP contribution is -2.30. The zero-order valence-electron chi connectivity index (χ0n) is 10.7. The van der Waals surface area contributed by atoms with E-state index < -0.39 is 17.7 Å². The van der Waals surface area contributed by atoms with Crippen LogP contribution in [0.15, 0.2) is 42.5 Å². The summed E-state index contributed by atoms with van der Waals surface area (Å²) in [5.74, 6) is 3.82. The van der Waals surface area contributed by atoms with E-state index >= 15 is 0 Å². The van der Waals surface area contributed by atoms with Crippen LogP contribution >= 0.6 is 0 Å². The van der Waals surface area contributed by atoms with Crippen molar-refractivity contribution in [3.05, 3.63) is 70.8 Å². The summed E-state index contributed by atoms with van der Waals surface area (Å²) in [4.78, 5) is 0. The second-order valence-electron chi connectivity index (χ2n) is 4.51. The van der Waals surface area contributed by atoms with Crippen molar-refractivity contribution < 1.29 is 8.78 Å². The van der Waals surface area contributed by atoms with E-state index in [1.54, 1.807) is 12.1 Å². The average Bonchev–Trinajstić information content (AvgIpc) is 2.44. The first-order chi connectivity index (χ1) is 9.13. The third kappa shape index (κ3) is 2.97. The minimum Gasteiger partial charge on any atom is -0.271 e. The molecule has 0 spiro atoms. The minimum atomic E-state index is -0.834. The van der Waals surface area contributed by atoms with Crippen molar-refractivity contribution in [3.63, 3.8) is 0 Å². The zero-order chi connectivity index (χ0) is 13.8. The number of benzene rings is 2. The highest BCUT2D eigenvalue weighted by atomic mass is 19.2. The van der Waals surface area contributed by atoms with E-state index in [0.717, 1.165) is 5.56 Å². The van der Waals surface area contributed by atoms with Crippen LogP contribution in [0, 0.1) is 18.6 Å². The van der Waals surface area contributed by atoms with Gasteiger partial charge in [-0.15, -0.1) is 0 Å². The molecule has 0 saturated heterocycles. The summed E-state index contributed by atoms with van der Waals surface area (Å²) in [6.45, 7) is 1.53. The van der Waals surface area contributed by atoms with Gasteiger partial charge < -0.3 is 0 Å². The van der Waals surface area contributed by atoms with Gasteiger partial charge in [0.25, 0.3) is 0 Å². The second kappa shape index (κ2) is 5.91. The Hall–Kier alpha value is -1.78. The topological polar surface area (TPSA) is 38.0 Å². The van der Waals surface area contributed by atoms with Crippen molar-refractivity contribution in [3.8, 4) is 0 Å². The highest BCUT2D eigenvalue weighted by molar-refractivity contribution is 5.29. The molecule has 0 bridgehead atoms. The van der Waals surface area contributed by atoms with Gasteiger partial charge in [-0.25, -0.2) is 8.78 Å². The molecule has 19 heavy (non-hydrogen) atoms. The number of nitrogens with two attached hydrogens (primary N) is 1. The molecule has 0 radical (unpaired) electrons. The molecule has 1 atom stereocenters. The summed E-state index contributed by atoms with van der Waals surface area (Å²) < 4.78 is 27.5. The lowest BCUT2D eigenvalue weighted by Gasteiger charge is -2.18. The quantitative estimate of drug-likeness (QED) is 0.656. The van der Waals surface area contributed by atoms with Crippen LogP contribution < -0.4 is 11.3 Å². The molecule has 0 aromatic heterocycles. The number of hydrazine groups is 1. The van der Waals surface area contributed by atoms with Gasteiger partial charge in [0.1, 0.15) is 0 Å². The molecule has 3 N–H and O–H groups in total. The molecule has 0 heterocycles. The molecule has 100 valence electrons. The van der Waals surface area contributed by atoms with Crippen molar-refractivity contribution in [1.29, 1.82) is 0 Å². The van der Waals surface area contributed by atoms with Crippen molar-refractivity contribution in [2.24, 2.45) is 5.84 Å². The van der Waals surface area contributed by atoms with Gasteiger partial charge in [0.05, 0.1) is 6.04 Å². The van der Waals surface area contributed by atoms with Crippen LogP contribution in [-0.4, -0.2) is 0 Å². The molecule has 0 aliphatic rings. The molecule has 0 saturated carbocycles. The summed E-state index contributed by atoms with van der Waals surface area (Å²) in [7, 11) is 0. The molecule has 2 rings (SSSR count). The van der Waals surface area contributed by atoms with Crippen molar-refractivity contribution in [2.45, 2.75) is 19.4 Å². The molecule has 0 aliphatic heterocycles. The van der Waals surface area contributed by atoms with Gasteiger partial charge in [-0.2, -0.15) is 0 Å². The van der Waals surface area contributed by atoms with Gasteiger partial charge in [-0.3, -0.25) is 11.3 Å². The Morgan fingerprint density at radius 2 is 1.74 bits per heavy atom. The van der Waals surface area contributed by atoms with E-state index in [4.69, 9.17) is 5.84 Å². The SMILES string of the molecule is Cc1ccc(C(Cc2ccccc2)NN)c(F)c1F. The van der Waals surface area contributed by atoms with Crippen LogP contribution in [0.5, 0.6) is 0 Å².